The van der Waals surface area contributed by atoms with Crippen molar-refractivity contribution in [2.45, 2.75) is 25.7 Å². The molecule has 3 aromatic rings. The molecule has 1 aliphatic heterocycles. The van der Waals surface area contributed by atoms with Crippen molar-refractivity contribution in [3.63, 3.8) is 0 Å². The fraction of sp³-hybridized carbons (Fsp3) is 0.273. The van der Waals surface area contributed by atoms with Gasteiger partial charge in [-0.15, -0.1) is 0 Å². The third-order valence-corrected chi connectivity index (χ3v) is 5.88. The van der Waals surface area contributed by atoms with Gasteiger partial charge in [-0.2, -0.15) is 0 Å². The van der Waals surface area contributed by atoms with Crippen LogP contribution in [0.25, 0.3) is 16.6 Å². The highest BCUT2D eigenvalue weighted by molar-refractivity contribution is 9.10. The second-order valence-electron chi connectivity index (χ2n) is 7.46. The van der Waals surface area contributed by atoms with Crippen molar-refractivity contribution in [3.8, 4) is 0 Å². The van der Waals surface area contributed by atoms with Crippen LogP contribution >= 0.6 is 15.9 Å². The largest absolute Gasteiger partial charge is 0.346 e. The molecule has 1 amide bonds. The Morgan fingerprint density at radius 2 is 2.11 bits per heavy atom. The summed E-state index contributed by atoms with van der Waals surface area (Å²) in [6.07, 6.45) is 6.79. The molecule has 4 nitrogen and oxygen atoms in total. The predicted octanol–water partition coefficient (Wildman–Crippen LogP) is 4.92. The first kappa shape index (κ1) is 18.0. The van der Waals surface area contributed by atoms with Gasteiger partial charge >= 0.3 is 0 Å². The van der Waals surface area contributed by atoms with Crippen LogP contribution in [-0.4, -0.2) is 33.9 Å². The molecule has 138 valence electrons. The number of aromatic amines is 1. The van der Waals surface area contributed by atoms with E-state index >= 15 is 0 Å². The monoisotopic (exact) mass is 423 g/mol. The highest BCUT2D eigenvalue weighted by Gasteiger charge is 2.34. The molecule has 0 saturated carbocycles. The zero-order valence-electron chi connectivity index (χ0n) is 15.5. The molecule has 0 radical (unpaired) electrons. The van der Waals surface area contributed by atoms with Crippen LogP contribution in [0.5, 0.6) is 0 Å². The topological polar surface area (TPSA) is 49.0 Å². The number of halogens is 1. The van der Waals surface area contributed by atoms with Crippen molar-refractivity contribution < 1.29 is 4.79 Å². The first-order valence-corrected chi connectivity index (χ1v) is 9.93. The number of nitrogens with zero attached hydrogens (tertiary/aromatic N) is 2. The standard InChI is InChI=1S/C22H22BrN3O/c1-22(2,16-4-3-5-17(23)14-16)21(27)26-12-8-15(9-13-26)18-6-10-24-20-19(18)7-11-25-20/h3-8,10-11,14H,9,12-13H2,1-2H3,(H,24,25). The Balaban J connectivity index is 1.56. The number of nitrogens with one attached hydrogen (secondary N) is 1. The smallest absolute Gasteiger partial charge is 0.232 e. The summed E-state index contributed by atoms with van der Waals surface area (Å²) in [5.41, 5.74) is 3.87. The lowest BCUT2D eigenvalue weighted by Gasteiger charge is -2.34. The van der Waals surface area contributed by atoms with Crippen LogP contribution in [0, 0.1) is 0 Å². The first-order chi connectivity index (χ1) is 13.0. The number of hydrogen-bond donors (Lipinski definition) is 1. The number of carbonyl (C=O) groups is 1. The first-order valence-electron chi connectivity index (χ1n) is 9.14. The maximum Gasteiger partial charge on any atom is 0.232 e. The number of benzene rings is 1. The summed E-state index contributed by atoms with van der Waals surface area (Å²) in [5, 5.41) is 1.14. The quantitative estimate of drug-likeness (QED) is 0.649. The summed E-state index contributed by atoms with van der Waals surface area (Å²) >= 11 is 3.51. The molecule has 27 heavy (non-hydrogen) atoms. The van der Waals surface area contributed by atoms with Gasteiger partial charge in [-0.1, -0.05) is 34.1 Å². The fourth-order valence-electron chi connectivity index (χ4n) is 3.74. The van der Waals surface area contributed by atoms with Gasteiger partial charge in [-0.3, -0.25) is 4.79 Å². The lowest BCUT2D eigenvalue weighted by Crippen LogP contribution is -2.45. The molecule has 1 aromatic carbocycles. The molecule has 0 aliphatic carbocycles. The normalized spacial score (nSPS) is 15.1. The summed E-state index contributed by atoms with van der Waals surface area (Å²) in [7, 11) is 0. The van der Waals surface area contributed by atoms with Crippen LogP contribution in [-0.2, 0) is 10.2 Å². The number of pyridine rings is 1. The van der Waals surface area contributed by atoms with Crippen LogP contribution in [0.4, 0.5) is 0 Å². The van der Waals surface area contributed by atoms with E-state index in [1.54, 1.807) is 0 Å². The number of carbonyl (C=O) groups excluding carboxylic acids is 1. The lowest BCUT2D eigenvalue weighted by molar-refractivity contribution is -0.135. The Bertz CT molecular complexity index is 1030. The molecule has 0 bridgehead atoms. The van der Waals surface area contributed by atoms with Crippen molar-refractivity contribution in [1.82, 2.24) is 14.9 Å². The summed E-state index contributed by atoms with van der Waals surface area (Å²) in [5.74, 6) is 0.164. The molecule has 3 heterocycles. The molecule has 2 aromatic heterocycles. The van der Waals surface area contributed by atoms with E-state index in [1.165, 1.54) is 11.1 Å². The van der Waals surface area contributed by atoms with Gasteiger partial charge in [0, 0.05) is 35.3 Å². The summed E-state index contributed by atoms with van der Waals surface area (Å²) in [6.45, 7) is 5.38. The van der Waals surface area contributed by atoms with Crippen LogP contribution in [0.15, 0.2) is 59.3 Å². The van der Waals surface area contributed by atoms with Crippen molar-refractivity contribution in [2.75, 3.05) is 13.1 Å². The second kappa shape index (κ2) is 6.97. The average molecular weight is 424 g/mol. The average Bonchev–Trinajstić information content (AvgIpc) is 3.16. The number of amides is 1. The zero-order chi connectivity index (χ0) is 19.0. The number of hydrogen-bond acceptors (Lipinski definition) is 2. The minimum absolute atomic E-state index is 0.164. The van der Waals surface area contributed by atoms with Crippen LogP contribution in [0.3, 0.4) is 0 Å². The van der Waals surface area contributed by atoms with E-state index in [0.717, 1.165) is 34.0 Å². The lowest BCUT2D eigenvalue weighted by atomic mass is 9.82. The number of rotatable bonds is 3. The molecule has 5 heteroatoms. The molecule has 0 fully saturated rings. The molecular formula is C22H22BrN3O. The molecule has 4 rings (SSSR count). The molecule has 0 saturated heterocycles. The van der Waals surface area contributed by atoms with E-state index in [1.807, 2.05) is 55.4 Å². The van der Waals surface area contributed by atoms with Crippen LogP contribution < -0.4 is 0 Å². The Labute approximate surface area is 167 Å². The molecule has 1 N–H and O–H groups in total. The van der Waals surface area contributed by atoms with Gasteiger partial charge in [0.1, 0.15) is 5.65 Å². The van der Waals surface area contributed by atoms with E-state index in [4.69, 9.17) is 0 Å². The Morgan fingerprint density at radius 1 is 1.26 bits per heavy atom. The highest BCUT2D eigenvalue weighted by atomic mass is 79.9. The van der Waals surface area contributed by atoms with E-state index < -0.39 is 5.41 Å². The van der Waals surface area contributed by atoms with Gasteiger partial charge in [0.15, 0.2) is 0 Å². The van der Waals surface area contributed by atoms with E-state index in [9.17, 15) is 4.79 Å². The van der Waals surface area contributed by atoms with Gasteiger partial charge in [-0.25, -0.2) is 4.98 Å². The summed E-state index contributed by atoms with van der Waals surface area (Å²) in [4.78, 5) is 22.7. The summed E-state index contributed by atoms with van der Waals surface area (Å²) in [6, 6.07) is 12.1. The Kier molecular flexibility index (Phi) is 4.64. The minimum atomic E-state index is -0.556. The maximum atomic E-state index is 13.2. The Morgan fingerprint density at radius 3 is 2.85 bits per heavy atom. The summed E-state index contributed by atoms with van der Waals surface area (Å²) < 4.78 is 0.995. The van der Waals surface area contributed by atoms with Gasteiger partial charge in [0.2, 0.25) is 5.91 Å². The number of fused-ring (bicyclic) bond motifs is 1. The van der Waals surface area contributed by atoms with Crippen molar-refractivity contribution >= 4 is 38.4 Å². The van der Waals surface area contributed by atoms with Crippen LogP contribution in [0.2, 0.25) is 0 Å². The minimum Gasteiger partial charge on any atom is -0.346 e. The van der Waals surface area contributed by atoms with Gasteiger partial charge < -0.3 is 9.88 Å². The maximum absolute atomic E-state index is 13.2. The van der Waals surface area contributed by atoms with Gasteiger partial charge in [0.25, 0.3) is 0 Å². The third kappa shape index (κ3) is 3.32. The van der Waals surface area contributed by atoms with E-state index in [2.05, 4.69) is 44.1 Å². The van der Waals surface area contributed by atoms with Crippen molar-refractivity contribution in [2.24, 2.45) is 0 Å². The molecular weight excluding hydrogens is 402 g/mol. The molecule has 0 atom stereocenters. The SMILES string of the molecule is CC(C)(C(=O)N1CC=C(c2ccnc3[nH]ccc23)CC1)c1cccc(Br)c1. The highest BCUT2D eigenvalue weighted by Crippen LogP contribution is 2.32. The van der Waals surface area contributed by atoms with E-state index in [0.29, 0.717) is 6.54 Å². The van der Waals surface area contributed by atoms with Gasteiger partial charge in [-0.05, 0) is 61.2 Å². The van der Waals surface area contributed by atoms with Crippen molar-refractivity contribution in [1.29, 1.82) is 0 Å². The molecule has 0 unspecified atom stereocenters. The fourth-order valence-corrected chi connectivity index (χ4v) is 4.13. The molecule has 0 spiro atoms. The molecule has 1 aliphatic rings. The van der Waals surface area contributed by atoms with Crippen molar-refractivity contribution in [3.05, 3.63) is 70.5 Å². The predicted molar refractivity (Wildman–Crippen MR) is 112 cm³/mol. The number of aromatic nitrogens is 2. The third-order valence-electron chi connectivity index (χ3n) is 5.38. The number of H-pyrrole nitrogens is 1. The Hall–Kier alpha value is -2.40. The van der Waals surface area contributed by atoms with E-state index in [-0.39, 0.29) is 5.91 Å². The second-order valence-corrected chi connectivity index (χ2v) is 8.38. The zero-order valence-corrected chi connectivity index (χ0v) is 17.1. The van der Waals surface area contributed by atoms with Gasteiger partial charge in [0.05, 0.1) is 5.41 Å². The van der Waals surface area contributed by atoms with Crippen LogP contribution in [0.1, 0.15) is 31.4 Å².